The van der Waals surface area contributed by atoms with E-state index in [-0.39, 0.29) is 23.3 Å². The first-order valence-electron chi connectivity index (χ1n) is 15.1. The number of nitrogens with two attached hydrogens (primary N) is 1. The van der Waals surface area contributed by atoms with Crippen LogP contribution in [0.25, 0.3) is 22.3 Å². The number of benzene rings is 2. The molecule has 0 unspecified atom stereocenters. The zero-order chi connectivity index (χ0) is 30.5. The third kappa shape index (κ3) is 7.07. The van der Waals surface area contributed by atoms with Crippen LogP contribution in [0.15, 0.2) is 73.2 Å². The van der Waals surface area contributed by atoms with Crippen LogP contribution in [0.1, 0.15) is 35.2 Å². The molecule has 2 amide bonds. The van der Waals surface area contributed by atoms with Gasteiger partial charge in [0.15, 0.2) is 0 Å². The minimum Gasteiger partial charge on any atom is -0.410 e. The summed E-state index contributed by atoms with van der Waals surface area (Å²) in [7, 11) is 1.82. The van der Waals surface area contributed by atoms with E-state index in [0.717, 1.165) is 41.9 Å². The van der Waals surface area contributed by atoms with E-state index in [4.69, 9.17) is 10.5 Å². The van der Waals surface area contributed by atoms with Crippen molar-refractivity contribution in [3.63, 3.8) is 0 Å². The molecule has 11 nitrogen and oxygen atoms in total. The zero-order valence-corrected chi connectivity index (χ0v) is 24.8. The van der Waals surface area contributed by atoms with Crippen LogP contribution in [0.4, 0.5) is 10.6 Å². The molecule has 2 aromatic heterocycles. The molecule has 4 heterocycles. The minimum atomic E-state index is -0.447. The van der Waals surface area contributed by atoms with E-state index in [1.165, 1.54) is 18.4 Å². The molecule has 2 aliphatic heterocycles. The van der Waals surface area contributed by atoms with Crippen molar-refractivity contribution in [1.82, 2.24) is 35.6 Å². The van der Waals surface area contributed by atoms with Gasteiger partial charge >= 0.3 is 6.09 Å². The minimum absolute atomic E-state index is 0.146. The lowest BCUT2D eigenvalue weighted by molar-refractivity contribution is 0.0937. The number of anilines is 1. The summed E-state index contributed by atoms with van der Waals surface area (Å²) < 4.78 is 7.41. The van der Waals surface area contributed by atoms with E-state index in [0.29, 0.717) is 31.3 Å². The zero-order valence-electron chi connectivity index (χ0n) is 24.8. The number of carbonyl (C=O) groups is 2. The van der Waals surface area contributed by atoms with Crippen LogP contribution in [0.3, 0.4) is 0 Å². The van der Waals surface area contributed by atoms with Gasteiger partial charge in [0.25, 0.3) is 5.91 Å². The number of hydrogen-bond donors (Lipinski definition) is 4. The normalized spacial score (nSPS) is 18.0. The number of nitrogen functional groups attached to an aromatic ring is 1. The fourth-order valence-corrected chi connectivity index (χ4v) is 5.73. The first kappa shape index (κ1) is 29.3. The average molecular weight is 595 g/mol. The lowest BCUT2D eigenvalue weighted by Gasteiger charge is -2.17. The van der Waals surface area contributed by atoms with Crippen molar-refractivity contribution in [3.8, 4) is 28.0 Å². The standard InChI is InChI=1S/C33H38N8O3/c1-40-20-26(18-38-40)25-15-30(31(34)37-17-25)32(42)39-28-11-13-41(21-28)33(43)44-29-6-2-4-24(14-29)23-9-7-22(8-10-23)16-35-19-27-5-3-12-36-27/h2,4,6-10,14-15,17-18,20,27-28,35-36H,3,5,11-13,16,19,21H2,1H3,(H2,34,37)(H,39,42)/t27-,28+/m0/s1. The summed E-state index contributed by atoms with van der Waals surface area (Å²) in [5.74, 6) is 0.287. The van der Waals surface area contributed by atoms with Gasteiger partial charge in [0, 0.05) is 68.8 Å². The van der Waals surface area contributed by atoms with Crippen LogP contribution >= 0.6 is 0 Å². The Balaban J connectivity index is 1.01. The Bertz CT molecular complexity index is 1610. The van der Waals surface area contributed by atoms with Crippen LogP contribution in [0.5, 0.6) is 5.75 Å². The second kappa shape index (κ2) is 13.3. The molecular formula is C33H38N8O3. The van der Waals surface area contributed by atoms with Gasteiger partial charge in [-0.15, -0.1) is 0 Å². The summed E-state index contributed by atoms with van der Waals surface area (Å²) >= 11 is 0. The number of rotatable bonds is 9. The first-order valence-corrected chi connectivity index (χ1v) is 15.1. The molecule has 2 saturated heterocycles. The highest BCUT2D eigenvalue weighted by Crippen LogP contribution is 2.26. The molecule has 228 valence electrons. The summed E-state index contributed by atoms with van der Waals surface area (Å²) in [6.07, 6.45) is 7.81. The third-order valence-corrected chi connectivity index (χ3v) is 8.19. The van der Waals surface area contributed by atoms with E-state index in [1.54, 1.807) is 34.1 Å². The predicted molar refractivity (Wildman–Crippen MR) is 169 cm³/mol. The van der Waals surface area contributed by atoms with Crippen molar-refractivity contribution in [3.05, 3.63) is 84.3 Å². The Morgan fingerprint density at radius 3 is 2.68 bits per heavy atom. The summed E-state index contributed by atoms with van der Waals surface area (Å²) in [5.41, 5.74) is 11.1. The van der Waals surface area contributed by atoms with E-state index in [2.05, 4.69) is 50.3 Å². The number of aromatic nitrogens is 3. The summed E-state index contributed by atoms with van der Waals surface area (Å²) in [6.45, 7) is 3.73. The molecule has 2 aliphatic rings. The molecule has 6 rings (SSSR count). The van der Waals surface area contributed by atoms with Gasteiger partial charge in [-0.05, 0) is 60.7 Å². The van der Waals surface area contributed by atoms with Gasteiger partial charge in [0.05, 0.1) is 11.8 Å². The van der Waals surface area contributed by atoms with Gasteiger partial charge in [0.2, 0.25) is 0 Å². The number of carbonyl (C=O) groups excluding carboxylic acids is 2. The van der Waals surface area contributed by atoms with Crippen LogP contribution < -0.4 is 26.4 Å². The number of ether oxygens (including phenoxy) is 1. The first-order chi connectivity index (χ1) is 21.4. The molecule has 2 fully saturated rings. The van der Waals surface area contributed by atoms with Gasteiger partial charge in [-0.25, -0.2) is 9.78 Å². The maximum atomic E-state index is 13.1. The van der Waals surface area contributed by atoms with Crippen molar-refractivity contribution >= 4 is 17.8 Å². The molecule has 0 spiro atoms. The molecule has 0 saturated carbocycles. The summed E-state index contributed by atoms with van der Waals surface area (Å²) in [6, 6.07) is 18.0. The van der Waals surface area contributed by atoms with E-state index in [1.807, 2.05) is 31.4 Å². The highest BCUT2D eigenvalue weighted by atomic mass is 16.6. The Kier molecular flexibility index (Phi) is 8.85. The van der Waals surface area contributed by atoms with Crippen molar-refractivity contribution < 1.29 is 14.3 Å². The number of amides is 2. The lowest BCUT2D eigenvalue weighted by Crippen LogP contribution is -2.39. The largest absolute Gasteiger partial charge is 0.415 e. The Morgan fingerprint density at radius 1 is 1.05 bits per heavy atom. The van der Waals surface area contributed by atoms with Crippen LogP contribution in [-0.4, -0.2) is 69.9 Å². The average Bonchev–Trinajstić information content (AvgIpc) is 3.81. The molecule has 0 aliphatic carbocycles. The Morgan fingerprint density at radius 2 is 1.91 bits per heavy atom. The highest BCUT2D eigenvalue weighted by molar-refractivity contribution is 5.99. The SMILES string of the molecule is Cn1cc(-c2cnc(N)c(C(=O)N[C@@H]3CCN(C(=O)Oc4cccc(-c5ccc(CNC[C@@H]6CCCN6)cc5)c4)C3)c2)cn1. The molecule has 2 aromatic carbocycles. The van der Waals surface area contributed by atoms with Crippen LogP contribution in [0.2, 0.25) is 0 Å². The van der Waals surface area contributed by atoms with Crippen molar-refractivity contribution in [2.24, 2.45) is 7.05 Å². The fraction of sp³-hybridized carbons (Fsp3) is 0.333. The highest BCUT2D eigenvalue weighted by Gasteiger charge is 2.29. The smallest absolute Gasteiger partial charge is 0.410 e. The topological polar surface area (TPSA) is 139 Å². The molecule has 0 radical (unpaired) electrons. The number of hydrogen-bond acceptors (Lipinski definition) is 8. The van der Waals surface area contributed by atoms with Crippen LogP contribution in [-0.2, 0) is 13.6 Å². The fourth-order valence-electron chi connectivity index (χ4n) is 5.73. The molecule has 5 N–H and O–H groups in total. The van der Waals surface area contributed by atoms with E-state index >= 15 is 0 Å². The van der Waals surface area contributed by atoms with Crippen molar-refractivity contribution in [1.29, 1.82) is 0 Å². The third-order valence-electron chi connectivity index (χ3n) is 8.19. The number of nitrogens with one attached hydrogen (secondary N) is 3. The number of aryl methyl sites for hydroxylation is 1. The molecule has 0 bridgehead atoms. The second-order valence-corrected chi connectivity index (χ2v) is 11.5. The maximum Gasteiger partial charge on any atom is 0.415 e. The predicted octanol–water partition coefficient (Wildman–Crippen LogP) is 3.58. The second-order valence-electron chi connectivity index (χ2n) is 11.5. The monoisotopic (exact) mass is 594 g/mol. The molecule has 11 heteroatoms. The Labute approximate surface area is 256 Å². The van der Waals surface area contributed by atoms with Gasteiger partial charge < -0.3 is 31.3 Å². The van der Waals surface area contributed by atoms with Gasteiger partial charge in [-0.3, -0.25) is 9.48 Å². The quantitative estimate of drug-likeness (QED) is 0.231. The molecular weight excluding hydrogens is 556 g/mol. The Hall–Kier alpha value is -4.74. The number of likely N-dealkylation sites (tertiary alicyclic amines) is 1. The molecule has 4 aromatic rings. The number of pyridine rings is 1. The van der Waals surface area contributed by atoms with Gasteiger partial charge in [-0.1, -0.05) is 36.4 Å². The van der Waals surface area contributed by atoms with Gasteiger partial charge in [0.1, 0.15) is 11.6 Å². The van der Waals surface area contributed by atoms with E-state index in [9.17, 15) is 9.59 Å². The maximum absolute atomic E-state index is 13.1. The molecule has 2 atom stereocenters. The summed E-state index contributed by atoms with van der Waals surface area (Å²) in [4.78, 5) is 31.9. The van der Waals surface area contributed by atoms with Crippen molar-refractivity contribution in [2.45, 2.75) is 37.9 Å². The van der Waals surface area contributed by atoms with Crippen LogP contribution in [0, 0.1) is 0 Å². The summed E-state index contributed by atoms with van der Waals surface area (Å²) in [5, 5.41) is 14.2. The van der Waals surface area contributed by atoms with Crippen molar-refractivity contribution in [2.75, 3.05) is 31.9 Å². The lowest BCUT2D eigenvalue weighted by atomic mass is 10.0. The van der Waals surface area contributed by atoms with E-state index < -0.39 is 6.09 Å². The number of nitrogens with zero attached hydrogens (tertiary/aromatic N) is 4. The van der Waals surface area contributed by atoms with Gasteiger partial charge in [-0.2, -0.15) is 5.10 Å². The molecule has 44 heavy (non-hydrogen) atoms.